The fourth-order valence-electron chi connectivity index (χ4n) is 3.43. The largest absolute Gasteiger partial charge is 0.493 e. The molecule has 0 atom stereocenters. The number of methoxy groups -OCH3 is 1. The fraction of sp³-hybridized carbons (Fsp3) is 0.120. The number of carbonyl (C=O) groups is 1. The molecule has 0 unspecified atom stereocenters. The summed E-state index contributed by atoms with van der Waals surface area (Å²) < 4.78 is 11.6. The highest BCUT2D eigenvalue weighted by atomic mass is 32.2. The molecule has 0 saturated carbocycles. The molecular weight excluding hydrogens is 504 g/mol. The highest BCUT2D eigenvalue weighted by Crippen LogP contribution is 2.40. The lowest BCUT2D eigenvalue weighted by Crippen LogP contribution is -2.27. The topological polar surface area (TPSA) is 81.9 Å². The second-order valence-corrected chi connectivity index (χ2v) is 9.87. The quantitative estimate of drug-likeness (QED) is 0.111. The molecule has 0 spiro atoms. The van der Waals surface area contributed by atoms with Crippen molar-refractivity contribution in [1.82, 2.24) is 0 Å². The second-order valence-electron chi connectivity index (χ2n) is 7.31. The zero-order valence-electron chi connectivity index (χ0n) is 18.8. The number of thioether (sulfide) groups is 2. The van der Waals surface area contributed by atoms with Crippen molar-refractivity contribution in [3.8, 4) is 11.5 Å². The normalized spacial score (nSPS) is 14.5. The van der Waals surface area contributed by atoms with E-state index in [1.165, 1.54) is 30.2 Å². The number of hydrogen-bond acceptors (Lipinski definition) is 8. The van der Waals surface area contributed by atoms with Crippen molar-refractivity contribution in [2.24, 2.45) is 0 Å². The number of rotatable bonds is 8. The van der Waals surface area contributed by atoms with Crippen molar-refractivity contribution in [2.45, 2.75) is 11.5 Å². The van der Waals surface area contributed by atoms with Crippen LogP contribution in [0.4, 0.5) is 11.4 Å². The van der Waals surface area contributed by atoms with Gasteiger partial charge >= 0.3 is 0 Å². The Morgan fingerprint density at radius 1 is 1.11 bits per heavy atom. The zero-order valence-corrected chi connectivity index (χ0v) is 21.2. The highest BCUT2D eigenvalue weighted by molar-refractivity contribution is 8.27. The van der Waals surface area contributed by atoms with E-state index in [0.717, 1.165) is 22.2 Å². The molecule has 0 N–H and O–H groups in total. The maximum absolute atomic E-state index is 13.2. The minimum atomic E-state index is -0.511. The predicted molar refractivity (Wildman–Crippen MR) is 144 cm³/mol. The third-order valence-electron chi connectivity index (χ3n) is 5.14. The van der Waals surface area contributed by atoms with E-state index in [-0.39, 0.29) is 34.4 Å². The summed E-state index contributed by atoms with van der Waals surface area (Å²) in [4.78, 5) is 27.3. The van der Waals surface area contributed by atoms with Crippen LogP contribution in [-0.2, 0) is 11.4 Å². The van der Waals surface area contributed by atoms with Crippen molar-refractivity contribution in [2.75, 3.05) is 18.3 Å². The van der Waals surface area contributed by atoms with E-state index in [0.29, 0.717) is 15.8 Å². The maximum atomic E-state index is 13.2. The second kappa shape index (κ2) is 10.9. The Morgan fingerprint density at radius 3 is 2.57 bits per heavy atom. The van der Waals surface area contributed by atoms with Gasteiger partial charge in [-0.25, -0.2) is 0 Å². The van der Waals surface area contributed by atoms with Gasteiger partial charge in [-0.2, -0.15) is 0 Å². The number of benzene rings is 3. The van der Waals surface area contributed by atoms with Gasteiger partial charge in [0, 0.05) is 4.90 Å². The minimum absolute atomic E-state index is 0.205. The smallest absolute Gasteiger partial charge is 0.280 e. The summed E-state index contributed by atoms with van der Waals surface area (Å²) in [6.45, 7) is 0.224. The standard InChI is InChI=1S/C25H20N2O5S3/c1-31-21-11-17(20(27(29)30)14-22(21)32-15-16-7-4-3-5-8-16)12-23-24(28)26(25(33)35-23)18-9-6-10-19(13-18)34-2/h3-14H,15H2,1-2H3/b23-12+. The van der Waals surface area contributed by atoms with E-state index < -0.39 is 4.92 Å². The van der Waals surface area contributed by atoms with Gasteiger partial charge in [0.15, 0.2) is 15.8 Å². The molecule has 10 heteroatoms. The van der Waals surface area contributed by atoms with Gasteiger partial charge in [0.1, 0.15) is 6.61 Å². The molecule has 1 heterocycles. The Bertz CT molecular complexity index is 1330. The van der Waals surface area contributed by atoms with Crippen LogP contribution in [0.15, 0.2) is 76.5 Å². The Kier molecular flexibility index (Phi) is 7.74. The van der Waals surface area contributed by atoms with Crippen molar-refractivity contribution in [3.63, 3.8) is 0 Å². The molecule has 0 bridgehead atoms. The molecule has 1 fully saturated rings. The molecule has 1 saturated heterocycles. The number of carbonyl (C=O) groups excluding carboxylic acids is 1. The Morgan fingerprint density at radius 2 is 1.89 bits per heavy atom. The number of nitrogens with zero attached hydrogens (tertiary/aromatic N) is 2. The van der Waals surface area contributed by atoms with Crippen LogP contribution >= 0.6 is 35.7 Å². The number of thiocarbonyl (C=S) groups is 1. The van der Waals surface area contributed by atoms with Crippen LogP contribution in [0.3, 0.4) is 0 Å². The van der Waals surface area contributed by atoms with Crippen molar-refractivity contribution >= 4 is 63.4 Å². The molecule has 35 heavy (non-hydrogen) atoms. The van der Waals surface area contributed by atoms with Crippen LogP contribution in [-0.4, -0.2) is 28.5 Å². The summed E-state index contributed by atoms with van der Waals surface area (Å²) in [7, 11) is 1.46. The Labute approximate surface area is 216 Å². The van der Waals surface area contributed by atoms with Crippen molar-refractivity contribution < 1.29 is 19.2 Å². The molecule has 1 amide bonds. The summed E-state index contributed by atoms with van der Waals surface area (Å²) in [6.07, 6.45) is 3.42. The molecule has 7 nitrogen and oxygen atoms in total. The number of ether oxygens (including phenoxy) is 2. The molecule has 1 aliphatic rings. The van der Waals surface area contributed by atoms with E-state index >= 15 is 0 Å². The fourth-order valence-corrected chi connectivity index (χ4v) is 5.17. The summed E-state index contributed by atoms with van der Waals surface area (Å²) in [5, 5.41) is 11.9. The molecule has 0 radical (unpaired) electrons. The Balaban J connectivity index is 1.67. The summed E-state index contributed by atoms with van der Waals surface area (Å²) in [6, 6.07) is 19.7. The van der Waals surface area contributed by atoms with Gasteiger partial charge in [0.05, 0.1) is 34.3 Å². The Hall–Kier alpha value is -3.34. The maximum Gasteiger partial charge on any atom is 0.280 e. The van der Waals surface area contributed by atoms with Gasteiger partial charge in [-0.15, -0.1) is 11.8 Å². The summed E-state index contributed by atoms with van der Waals surface area (Å²) >= 11 is 8.10. The summed E-state index contributed by atoms with van der Waals surface area (Å²) in [5.41, 5.74) is 1.58. The van der Waals surface area contributed by atoms with E-state index in [9.17, 15) is 14.9 Å². The summed E-state index contributed by atoms with van der Waals surface area (Å²) in [5.74, 6) is 0.221. The molecule has 3 aromatic rings. The first kappa shape index (κ1) is 24.8. The van der Waals surface area contributed by atoms with Crippen LogP contribution in [0.1, 0.15) is 11.1 Å². The average molecular weight is 525 g/mol. The highest BCUT2D eigenvalue weighted by Gasteiger charge is 2.34. The molecule has 0 aliphatic carbocycles. The van der Waals surface area contributed by atoms with Crippen LogP contribution in [0.25, 0.3) is 6.08 Å². The van der Waals surface area contributed by atoms with Gasteiger partial charge in [0.25, 0.3) is 11.6 Å². The van der Waals surface area contributed by atoms with Gasteiger partial charge < -0.3 is 9.47 Å². The molecule has 3 aromatic carbocycles. The number of nitro benzene ring substituents is 1. The lowest BCUT2D eigenvalue weighted by Gasteiger charge is -2.15. The third kappa shape index (κ3) is 5.50. The van der Waals surface area contributed by atoms with Crippen LogP contribution in [0.5, 0.6) is 11.5 Å². The van der Waals surface area contributed by atoms with Gasteiger partial charge in [0.2, 0.25) is 0 Å². The van der Waals surface area contributed by atoms with Crippen molar-refractivity contribution in [1.29, 1.82) is 0 Å². The third-order valence-corrected chi connectivity index (χ3v) is 7.17. The lowest BCUT2D eigenvalue weighted by molar-refractivity contribution is -0.385. The van der Waals surface area contributed by atoms with Gasteiger partial charge in [-0.05, 0) is 42.2 Å². The lowest BCUT2D eigenvalue weighted by atomic mass is 10.1. The molecule has 0 aromatic heterocycles. The van der Waals surface area contributed by atoms with Gasteiger partial charge in [-0.1, -0.05) is 60.4 Å². The van der Waals surface area contributed by atoms with Crippen LogP contribution in [0, 0.1) is 10.1 Å². The zero-order chi connectivity index (χ0) is 24.9. The number of amides is 1. The monoisotopic (exact) mass is 524 g/mol. The number of anilines is 1. The molecule has 1 aliphatic heterocycles. The first-order valence-corrected chi connectivity index (χ1v) is 12.8. The first-order chi connectivity index (χ1) is 16.9. The minimum Gasteiger partial charge on any atom is -0.493 e. The molecular formula is C25H20N2O5S3. The number of nitro groups is 1. The van der Waals surface area contributed by atoms with E-state index in [4.69, 9.17) is 21.7 Å². The predicted octanol–water partition coefficient (Wildman–Crippen LogP) is 6.31. The first-order valence-electron chi connectivity index (χ1n) is 10.4. The number of hydrogen-bond donors (Lipinski definition) is 0. The van der Waals surface area contributed by atoms with E-state index in [1.807, 2.05) is 54.8 Å². The molecule has 178 valence electrons. The average Bonchev–Trinajstić information content (AvgIpc) is 3.15. The van der Waals surface area contributed by atoms with Crippen LogP contribution < -0.4 is 14.4 Å². The van der Waals surface area contributed by atoms with Gasteiger partial charge in [-0.3, -0.25) is 19.8 Å². The van der Waals surface area contributed by atoms with Crippen LogP contribution in [0.2, 0.25) is 0 Å². The van der Waals surface area contributed by atoms with Crippen molar-refractivity contribution in [3.05, 3.63) is 92.9 Å². The van der Waals surface area contributed by atoms with E-state index in [1.54, 1.807) is 17.8 Å². The van der Waals surface area contributed by atoms with E-state index in [2.05, 4.69) is 0 Å². The molecule has 4 rings (SSSR count). The SMILES string of the molecule is COc1cc(/C=C2/SC(=S)N(c3cccc(SC)c3)C2=O)c([N+](=O)[O-])cc1OCc1ccccc1.